The first-order chi connectivity index (χ1) is 15.2. The fourth-order valence-electron chi connectivity index (χ4n) is 3.81. The number of urea groups is 1. The van der Waals surface area contributed by atoms with E-state index >= 15 is 0 Å². The number of aromatic nitrogens is 2. The van der Waals surface area contributed by atoms with Gasteiger partial charge in [-0.15, -0.1) is 0 Å². The number of fused-ring (bicyclic) bond motifs is 1. The van der Waals surface area contributed by atoms with Crippen LogP contribution in [0, 0.1) is 0 Å². The molecule has 0 aliphatic carbocycles. The number of nitrogens with two attached hydrogens (primary N) is 2. The smallest absolute Gasteiger partial charge is 0.404 e. The Kier molecular flexibility index (Phi) is 8.04. The minimum Gasteiger partial charge on any atom is -0.448 e. The maximum absolute atomic E-state index is 13.8. The highest BCUT2D eigenvalue weighted by Gasteiger charge is 2.38. The minimum absolute atomic E-state index is 0.0585. The summed E-state index contributed by atoms with van der Waals surface area (Å²) in [5, 5.41) is 4.56. The number of rotatable bonds is 7. The molecule has 2 heterocycles. The molecule has 0 unspecified atom stereocenters. The Bertz CT molecular complexity index is 836. The third-order valence-electron chi connectivity index (χ3n) is 5.19. The van der Waals surface area contributed by atoms with E-state index in [0.717, 1.165) is 25.3 Å². The summed E-state index contributed by atoms with van der Waals surface area (Å²) in [6.07, 6.45) is 0.793. The van der Waals surface area contributed by atoms with E-state index in [1.807, 2.05) is 25.5 Å². The second kappa shape index (κ2) is 10.2. The highest BCUT2D eigenvalue weighted by Crippen LogP contribution is 2.39. The molecule has 33 heavy (non-hydrogen) atoms. The van der Waals surface area contributed by atoms with Crippen LogP contribution in [0.15, 0.2) is 6.20 Å². The van der Waals surface area contributed by atoms with Crippen molar-refractivity contribution in [3.8, 4) is 0 Å². The van der Waals surface area contributed by atoms with Crippen molar-refractivity contribution in [2.75, 3.05) is 42.6 Å². The van der Waals surface area contributed by atoms with Gasteiger partial charge in [0.15, 0.2) is 5.82 Å². The molecule has 0 saturated carbocycles. The first-order valence-corrected chi connectivity index (χ1v) is 11.0. The number of hydrogen-bond donors (Lipinski definition) is 2. The van der Waals surface area contributed by atoms with E-state index in [-0.39, 0.29) is 37.9 Å². The zero-order chi connectivity index (χ0) is 25.0. The number of hydrogen-bond acceptors (Lipinski definition) is 7. The zero-order valence-corrected chi connectivity index (χ0v) is 20.5. The number of amides is 4. The van der Waals surface area contributed by atoms with Crippen LogP contribution < -0.4 is 21.3 Å². The Morgan fingerprint density at radius 3 is 2.00 bits per heavy atom. The summed E-state index contributed by atoms with van der Waals surface area (Å²) in [7, 11) is 0. The lowest BCUT2D eigenvalue weighted by atomic mass is 10.0. The van der Waals surface area contributed by atoms with E-state index in [4.69, 9.17) is 20.9 Å². The lowest BCUT2D eigenvalue weighted by molar-refractivity contribution is 0.120. The van der Waals surface area contributed by atoms with Gasteiger partial charge in [-0.1, -0.05) is 0 Å². The SMILES string of the molecule is CC(C)(C)N1CCCn2ncc(N(C(=O)N(CCOC(N)=O)CCOC(N)=O)C(C)(C)C)c21. The van der Waals surface area contributed by atoms with E-state index in [0.29, 0.717) is 5.69 Å². The molecule has 0 radical (unpaired) electrons. The fourth-order valence-corrected chi connectivity index (χ4v) is 3.81. The molecule has 12 nitrogen and oxygen atoms in total. The zero-order valence-electron chi connectivity index (χ0n) is 20.5. The van der Waals surface area contributed by atoms with Crippen LogP contribution in [0.4, 0.5) is 25.9 Å². The molecular formula is C21H37N7O5. The van der Waals surface area contributed by atoms with Gasteiger partial charge in [-0.25, -0.2) is 19.1 Å². The highest BCUT2D eigenvalue weighted by atomic mass is 16.5. The van der Waals surface area contributed by atoms with Crippen molar-refractivity contribution in [3.05, 3.63) is 6.20 Å². The molecule has 4 amide bonds. The summed E-state index contributed by atoms with van der Waals surface area (Å²) in [6, 6.07) is -0.348. The van der Waals surface area contributed by atoms with E-state index in [1.165, 1.54) is 4.90 Å². The van der Waals surface area contributed by atoms with Crippen LogP contribution in [0.1, 0.15) is 48.0 Å². The Morgan fingerprint density at radius 1 is 1.00 bits per heavy atom. The standard InChI is InChI=1S/C21H37N7O5/c1-20(2,3)26-8-7-9-27-16(26)15(14-24-27)28(21(4,5)6)19(31)25(10-12-32-17(22)29)11-13-33-18(23)30/h14H,7-13H2,1-6H3,(H2,22,29)(H2,23,30). The Morgan fingerprint density at radius 2 is 1.55 bits per heavy atom. The molecule has 1 aromatic rings. The summed E-state index contributed by atoms with van der Waals surface area (Å²) in [5.74, 6) is 0.874. The predicted octanol–water partition coefficient (Wildman–Crippen LogP) is 2.11. The molecule has 1 aromatic heterocycles. The van der Waals surface area contributed by atoms with Crippen molar-refractivity contribution in [1.82, 2.24) is 14.7 Å². The Labute approximate surface area is 194 Å². The molecule has 0 atom stereocenters. The fraction of sp³-hybridized carbons (Fsp3) is 0.714. The van der Waals surface area contributed by atoms with Crippen molar-refractivity contribution in [1.29, 1.82) is 0 Å². The van der Waals surface area contributed by atoms with E-state index in [9.17, 15) is 14.4 Å². The number of nitrogens with zero attached hydrogens (tertiary/aromatic N) is 5. The van der Waals surface area contributed by atoms with Crippen molar-refractivity contribution in [3.63, 3.8) is 0 Å². The molecule has 0 spiro atoms. The second-order valence-electron chi connectivity index (χ2n) is 9.86. The molecule has 1 aliphatic rings. The summed E-state index contributed by atoms with van der Waals surface area (Å²) in [4.78, 5) is 41.2. The maximum Gasteiger partial charge on any atom is 0.404 e. The third kappa shape index (κ3) is 6.65. The number of ether oxygens (including phenoxy) is 2. The molecule has 1 aliphatic heterocycles. The molecule has 0 aromatic carbocycles. The average molecular weight is 468 g/mol. The summed E-state index contributed by atoms with van der Waals surface area (Å²) >= 11 is 0. The van der Waals surface area contributed by atoms with Crippen LogP contribution in [0.5, 0.6) is 0 Å². The van der Waals surface area contributed by atoms with E-state index < -0.39 is 17.7 Å². The van der Waals surface area contributed by atoms with Gasteiger partial charge in [0, 0.05) is 24.2 Å². The third-order valence-corrected chi connectivity index (χ3v) is 5.19. The van der Waals surface area contributed by atoms with Crippen molar-refractivity contribution < 1.29 is 23.9 Å². The van der Waals surface area contributed by atoms with Gasteiger partial charge in [-0.2, -0.15) is 5.10 Å². The van der Waals surface area contributed by atoms with Crippen LogP contribution in [-0.4, -0.2) is 76.8 Å². The van der Waals surface area contributed by atoms with Crippen LogP contribution in [-0.2, 0) is 16.0 Å². The molecule has 0 saturated heterocycles. The Hall–Kier alpha value is -3.18. The summed E-state index contributed by atoms with van der Waals surface area (Å²) < 4.78 is 11.6. The first-order valence-electron chi connectivity index (χ1n) is 11.0. The Balaban J connectivity index is 2.43. The number of primary amides is 2. The van der Waals surface area contributed by atoms with Gasteiger partial charge in [-0.05, 0) is 48.0 Å². The highest BCUT2D eigenvalue weighted by molar-refractivity contribution is 5.96. The lowest BCUT2D eigenvalue weighted by Gasteiger charge is -2.44. The largest absolute Gasteiger partial charge is 0.448 e. The predicted molar refractivity (Wildman–Crippen MR) is 124 cm³/mol. The molecule has 0 bridgehead atoms. The van der Waals surface area contributed by atoms with E-state index in [2.05, 4.69) is 30.8 Å². The molecule has 186 valence electrons. The second-order valence-corrected chi connectivity index (χ2v) is 9.86. The van der Waals surface area contributed by atoms with Crippen LogP contribution in [0.25, 0.3) is 0 Å². The lowest BCUT2D eigenvalue weighted by Crippen LogP contribution is -2.55. The van der Waals surface area contributed by atoms with Crippen LogP contribution in [0.2, 0.25) is 0 Å². The number of carbonyl (C=O) groups excluding carboxylic acids is 3. The molecule has 2 rings (SSSR count). The number of anilines is 2. The molecule has 0 fully saturated rings. The average Bonchev–Trinajstić information content (AvgIpc) is 3.08. The monoisotopic (exact) mass is 467 g/mol. The normalized spacial score (nSPS) is 13.8. The number of carbonyl (C=O) groups is 3. The maximum atomic E-state index is 13.8. The molecular weight excluding hydrogens is 430 g/mol. The quantitative estimate of drug-likeness (QED) is 0.623. The van der Waals surface area contributed by atoms with Gasteiger partial charge < -0.3 is 30.7 Å². The summed E-state index contributed by atoms with van der Waals surface area (Å²) in [6.45, 7) is 13.7. The van der Waals surface area contributed by atoms with Crippen molar-refractivity contribution >= 4 is 29.7 Å². The number of aryl methyl sites for hydroxylation is 1. The van der Waals surface area contributed by atoms with Crippen molar-refractivity contribution in [2.45, 2.75) is 65.6 Å². The van der Waals surface area contributed by atoms with Gasteiger partial charge in [0.25, 0.3) is 0 Å². The molecule has 4 N–H and O–H groups in total. The van der Waals surface area contributed by atoms with Gasteiger partial charge in [-0.3, -0.25) is 4.90 Å². The van der Waals surface area contributed by atoms with E-state index in [1.54, 1.807) is 11.1 Å². The summed E-state index contributed by atoms with van der Waals surface area (Å²) in [5.41, 5.74) is 10.00. The van der Waals surface area contributed by atoms with Gasteiger partial charge >= 0.3 is 18.2 Å². The van der Waals surface area contributed by atoms with Crippen LogP contribution >= 0.6 is 0 Å². The topological polar surface area (TPSA) is 149 Å². The molecule has 12 heteroatoms. The van der Waals surface area contributed by atoms with Crippen LogP contribution in [0.3, 0.4) is 0 Å². The minimum atomic E-state index is -0.935. The van der Waals surface area contributed by atoms with Gasteiger partial charge in [0.1, 0.15) is 18.9 Å². The first kappa shape index (κ1) is 26.1. The van der Waals surface area contributed by atoms with Gasteiger partial charge in [0.05, 0.1) is 19.3 Å². The van der Waals surface area contributed by atoms with Gasteiger partial charge in [0.2, 0.25) is 0 Å². The van der Waals surface area contributed by atoms with Crippen molar-refractivity contribution in [2.24, 2.45) is 11.5 Å².